The van der Waals surface area contributed by atoms with Crippen LogP contribution in [0.25, 0.3) is 0 Å². The molecule has 21 heavy (non-hydrogen) atoms. The molecule has 0 bridgehead atoms. The van der Waals surface area contributed by atoms with Gasteiger partial charge in [-0.1, -0.05) is 30.3 Å². The van der Waals surface area contributed by atoms with Crippen LogP contribution in [-0.4, -0.2) is 34.6 Å². The highest BCUT2D eigenvalue weighted by atomic mass is 15.2. The van der Waals surface area contributed by atoms with Crippen molar-refractivity contribution in [2.75, 3.05) is 20.1 Å². The SMILES string of the molecule is CN(CCc1ccccc1)C(CN)c1cncn1C1CC1. The van der Waals surface area contributed by atoms with Crippen LogP contribution in [0.3, 0.4) is 0 Å². The Labute approximate surface area is 126 Å². The van der Waals surface area contributed by atoms with Gasteiger partial charge in [-0.25, -0.2) is 4.98 Å². The molecule has 4 heteroatoms. The lowest BCUT2D eigenvalue weighted by Gasteiger charge is -2.27. The predicted octanol–water partition coefficient (Wildman–Crippen LogP) is 2.39. The van der Waals surface area contributed by atoms with Crippen LogP contribution in [0.15, 0.2) is 42.9 Å². The number of benzene rings is 1. The van der Waals surface area contributed by atoms with E-state index in [4.69, 9.17) is 5.73 Å². The van der Waals surface area contributed by atoms with E-state index in [9.17, 15) is 0 Å². The second-order valence-electron chi connectivity index (χ2n) is 5.92. The fourth-order valence-electron chi connectivity index (χ4n) is 2.86. The number of rotatable bonds is 7. The largest absolute Gasteiger partial charge is 0.330 e. The van der Waals surface area contributed by atoms with Crippen molar-refractivity contribution in [3.8, 4) is 0 Å². The van der Waals surface area contributed by atoms with Gasteiger partial charge in [0, 0.05) is 25.3 Å². The molecule has 1 aromatic carbocycles. The number of aromatic nitrogens is 2. The van der Waals surface area contributed by atoms with Gasteiger partial charge in [-0.3, -0.25) is 4.90 Å². The molecule has 1 aliphatic carbocycles. The third-order valence-corrected chi connectivity index (χ3v) is 4.33. The fourth-order valence-corrected chi connectivity index (χ4v) is 2.86. The van der Waals surface area contributed by atoms with E-state index in [0.29, 0.717) is 12.6 Å². The van der Waals surface area contributed by atoms with E-state index >= 15 is 0 Å². The summed E-state index contributed by atoms with van der Waals surface area (Å²) in [7, 11) is 2.16. The van der Waals surface area contributed by atoms with Gasteiger partial charge < -0.3 is 10.3 Å². The lowest BCUT2D eigenvalue weighted by atomic mass is 10.1. The van der Waals surface area contributed by atoms with Crippen LogP contribution in [-0.2, 0) is 6.42 Å². The van der Waals surface area contributed by atoms with Gasteiger partial charge in [-0.2, -0.15) is 0 Å². The lowest BCUT2D eigenvalue weighted by molar-refractivity contribution is 0.243. The van der Waals surface area contributed by atoms with E-state index in [1.54, 1.807) is 0 Å². The number of hydrogen-bond donors (Lipinski definition) is 1. The van der Waals surface area contributed by atoms with Crippen molar-refractivity contribution >= 4 is 0 Å². The molecule has 1 fully saturated rings. The predicted molar refractivity (Wildman–Crippen MR) is 85.1 cm³/mol. The van der Waals surface area contributed by atoms with E-state index in [0.717, 1.165) is 13.0 Å². The molecule has 1 aliphatic rings. The van der Waals surface area contributed by atoms with Gasteiger partial charge in [0.25, 0.3) is 0 Å². The first-order chi connectivity index (χ1) is 10.3. The monoisotopic (exact) mass is 284 g/mol. The van der Waals surface area contributed by atoms with Crippen molar-refractivity contribution in [2.24, 2.45) is 5.73 Å². The summed E-state index contributed by atoms with van der Waals surface area (Å²) in [4.78, 5) is 6.68. The Kier molecular flexibility index (Phi) is 4.36. The summed E-state index contributed by atoms with van der Waals surface area (Å²) >= 11 is 0. The van der Waals surface area contributed by atoms with Crippen LogP contribution in [0.4, 0.5) is 0 Å². The highest BCUT2D eigenvalue weighted by Crippen LogP contribution is 2.37. The summed E-state index contributed by atoms with van der Waals surface area (Å²) < 4.78 is 2.32. The second kappa shape index (κ2) is 6.41. The molecular formula is C17H24N4. The zero-order valence-electron chi connectivity index (χ0n) is 12.7. The molecule has 1 aromatic heterocycles. The van der Waals surface area contributed by atoms with Gasteiger partial charge >= 0.3 is 0 Å². The molecule has 1 atom stereocenters. The Morgan fingerprint density at radius 1 is 1.33 bits per heavy atom. The minimum atomic E-state index is 0.247. The molecule has 0 saturated heterocycles. The molecule has 0 amide bonds. The summed E-state index contributed by atoms with van der Waals surface area (Å²) in [6.07, 6.45) is 7.53. The Balaban J connectivity index is 1.66. The normalized spacial score (nSPS) is 16.3. The first-order valence-electron chi connectivity index (χ1n) is 7.75. The average molecular weight is 284 g/mol. The van der Waals surface area contributed by atoms with Crippen LogP contribution >= 0.6 is 0 Å². The summed E-state index contributed by atoms with van der Waals surface area (Å²) in [6, 6.07) is 11.5. The molecule has 3 rings (SSSR count). The Bertz CT molecular complexity index is 559. The maximum absolute atomic E-state index is 6.04. The Morgan fingerprint density at radius 3 is 2.76 bits per heavy atom. The first kappa shape index (κ1) is 14.3. The summed E-state index contributed by atoms with van der Waals surface area (Å²) in [5, 5.41) is 0. The summed E-state index contributed by atoms with van der Waals surface area (Å²) in [6.45, 7) is 1.63. The van der Waals surface area contributed by atoms with Gasteiger partial charge in [-0.15, -0.1) is 0 Å². The molecule has 112 valence electrons. The quantitative estimate of drug-likeness (QED) is 0.849. The average Bonchev–Trinajstić information content (AvgIpc) is 3.26. The third-order valence-electron chi connectivity index (χ3n) is 4.33. The third kappa shape index (κ3) is 3.34. The lowest BCUT2D eigenvalue weighted by Crippen LogP contribution is -2.33. The van der Waals surface area contributed by atoms with Gasteiger partial charge in [0.15, 0.2) is 0 Å². The highest BCUT2D eigenvalue weighted by Gasteiger charge is 2.28. The number of hydrogen-bond acceptors (Lipinski definition) is 3. The summed E-state index contributed by atoms with van der Waals surface area (Å²) in [5.41, 5.74) is 8.67. The standard InChI is InChI=1S/C17H24N4/c1-20(10-9-14-5-3-2-4-6-14)16(11-18)17-12-19-13-21(17)15-7-8-15/h2-6,12-13,15-16H,7-11,18H2,1H3. The van der Waals surface area contributed by atoms with E-state index in [1.807, 2.05) is 12.5 Å². The molecule has 0 aliphatic heterocycles. The Hall–Kier alpha value is -1.65. The first-order valence-corrected chi connectivity index (χ1v) is 7.75. The molecule has 1 heterocycles. The van der Waals surface area contributed by atoms with Crippen molar-refractivity contribution in [2.45, 2.75) is 31.3 Å². The number of imidazole rings is 1. The maximum Gasteiger partial charge on any atom is 0.0951 e. The van der Waals surface area contributed by atoms with Gasteiger partial charge in [0.2, 0.25) is 0 Å². The van der Waals surface area contributed by atoms with E-state index in [1.165, 1.54) is 24.1 Å². The van der Waals surface area contributed by atoms with Crippen molar-refractivity contribution < 1.29 is 0 Å². The van der Waals surface area contributed by atoms with E-state index in [2.05, 4.69) is 51.8 Å². The van der Waals surface area contributed by atoms with Crippen molar-refractivity contribution in [3.63, 3.8) is 0 Å². The number of nitrogens with zero attached hydrogens (tertiary/aromatic N) is 3. The molecule has 0 spiro atoms. The zero-order chi connectivity index (χ0) is 14.7. The fraction of sp³-hybridized carbons (Fsp3) is 0.471. The number of nitrogens with two attached hydrogens (primary N) is 1. The molecule has 2 aromatic rings. The van der Waals surface area contributed by atoms with Crippen LogP contribution in [0.5, 0.6) is 0 Å². The number of likely N-dealkylation sites (N-methyl/N-ethyl adjacent to an activating group) is 1. The molecule has 2 N–H and O–H groups in total. The van der Waals surface area contributed by atoms with Crippen LogP contribution in [0.1, 0.15) is 36.2 Å². The second-order valence-corrected chi connectivity index (χ2v) is 5.92. The minimum Gasteiger partial charge on any atom is -0.330 e. The van der Waals surface area contributed by atoms with Crippen molar-refractivity contribution in [3.05, 3.63) is 54.1 Å². The van der Waals surface area contributed by atoms with Gasteiger partial charge in [0.1, 0.15) is 0 Å². The summed E-state index contributed by atoms with van der Waals surface area (Å²) in [5.74, 6) is 0. The molecular weight excluding hydrogens is 260 g/mol. The topological polar surface area (TPSA) is 47.1 Å². The van der Waals surface area contributed by atoms with Crippen LogP contribution in [0, 0.1) is 0 Å². The molecule has 0 radical (unpaired) electrons. The zero-order valence-corrected chi connectivity index (χ0v) is 12.7. The molecule has 1 unspecified atom stereocenters. The van der Waals surface area contributed by atoms with Crippen molar-refractivity contribution in [1.29, 1.82) is 0 Å². The molecule has 1 saturated carbocycles. The highest BCUT2D eigenvalue weighted by molar-refractivity contribution is 5.15. The van der Waals surface area contributed by atoms with Crippen molar-refractivity contribution in [1.82, 2.24) is 14.5 Å². The van der Waals surface area contributed by atoms with Gasteiger partial charge in [0.05, 0.1) is 18.1 Å². The van der Waals surface area contributed by atoms with E-state index < -0.39 is 0 Å². The minimum absolute atomic E-state index is 0.247. The van der Waals surface area contributed by atoms with Crippen LogP contribution in [0.2, 0.25) is 0 Å². The Morgan fingerprint density at radius 2 is 2.10 bits per heavy atom. The smallest absolute Gasteiger partial charge is 0.0951 e. The van der Waals surface area contributed by atoms with E-state index in [-0.39, 0.29) is 6.04 Å². The van der Waals surface area contributed by atoms with Crippen LogP contribution < -0.4 is 5.73 Å². The maximum atomic E-state index is 6.04. The molecule has 4 nitrogen and oxygen atoms in total. The van der Waals surface area contributed by atoms with Gasteiger partial charge in [-0.05, 0) is 31.9 Å².